The van der Waals surface area contributed by atoms with Crippen LogP contribution in [0.3, 0.4) is 0 Å². The Bertz CT molecular complexity index is 239. The van der Waals surface area contributed by atoms with Gasteiger partial charge in [0.25, 0.3) is 0 Å². The van der Waals surface area contributed by atoms with Crippen molar-refractivity contribution in [3.8, 4) is 0 Å². The topological polar surface area (TPSA) is 64.3 Å². The summed E-state index contributed by atoms with van der Waals surface area (Å²) in [5.41, 5.74) is 5.92. The Hall–Kier alpha value is -0.610. The summed E-state index contributed by atoms with van der Waals surface area (Å²) in [5, 5.41) is 3.00. The lowest BCUT2D eigenvalue weighted by molar-refractivity contribution is -0.130. The van der Waals surface area contributed by atoms with E-state index in [2.05, 4.69) is 5.32 Å². The van der Waals surface area contributed by atoms with E-state index in [-0.39, 0.29) is 12.0 Å². The van der Waals surface area contributed by atoms with E-state index in [4.69, 9.17) is 10.5 Å². The van der Waals surface area contributed by atoms with Crippen LogP contribution in [0.25, 0.3) is 0 Å². The molecular formula is C12H22N2O2. The molecule has 3 N–H and O–H groups in total. The van der Waals surface area contributed by atoms with Crippen molar-refractivity contribution < 1.29 is 9.53 Å². The molecule has 2 rings (SSSR count). The van der Waals surface area contributed by atoms with Crippen molar-refractivity contribution in [2.45, 2.75) is 50.7 Å². The van der Waals surface area contributed by atoms with Gasteiger partial charge >= 0.3 is 0 Å². The van der Waals surface area contributed by atoms with Crippen LogP contribution in [-0.4, -0.2) is 31.2 Å². The summed E-state index contributed by atoms with van der Waals surface area (Å²) >= 11 is 0. The number of carbonyl (C=O) groups is 1. The smallest absolute Gasteiger partial charge is 0.249 e. The van der Waals surface area contributed by atoms with Crippen molar-refractivity contribution in [3.05, 3.63) is 0 Å². The van der Waals surface area contributed by atoms with Gasteiger partial charge in [-0.25, -0.2) is 0 Å². The number of nitrogens with two attached hydrogens (primary N) is 1. The van der Waals surface area contributed by atoms with Crippen LogP contribution in [0.15, 0.2) is 0 Å². The van der Waals surface area contributed by atoms with E-state index in [1.165, 1.54) is 12.8 Å². The van der Waals surface area contributed by atoms with Gasteiger partial charge in [-0.15, -0.1) is 0 Å². The molecule has 0 spiro atoms. The van der Waals surface area contributed by atoms with Gasteiger partial charge in [0.1, 0.15) is 6.10 Å². The summed E-state index contributed by atoms with van der Waals surface area (Å²) in [6.45, 7) is 1.50. The van der Waals surface area contributed by atoms with E-state index < -0.39 is 0 Å². The molecule has 2 fully saturated rings. The Morgan fingerprint density at radius 2 is 2.19 bits per heavy atom. The Morgan fingerprint density at radius 1 is 1.31 bits per heavy atom. The van der Waals surface area contributed by atoms with E-state index in [0.717, 1.165) is 38.8 Å². The molecule has 0 aromatic carbocycles. The van der Waals surface area contributed by atoms with Crippen LogP contribution in [0.2, 0.25) is 0 Å². The number of carbonyl (C=O) groups excluding carboxylic acids is 1. The van der Waals surface area contributed by atoms with Crippen molar-refractivity contribution >= 4 is 5.91 Å². The zero-order valence-corrected chi connectivity index (χ0v) is 9.78. The third-order valence-electron chi connectivity index (χ3n) is 3.61. The first kappa shape index (κ1) is 11.9. The molecule has 0 bridgehead atoms. The number of ether oxygens (including phenoxy) is 1. The molecule has 4 nitrogen and oxygen atoms in total. The highest BCUT2D eigenvalue weighted by atomic mass is 16.5. The second-order valence-corrected chi connectivity index (χ2v) is 5.04. The number of amides is 1. The fourth-order valence-corrected chi connectivity index (χ4v) is 2.66. The van der Waals surface area contributed by atoms with Crippen LogP contribution < -0.4 is 11.1 Å². The molecule has 0 aromatic rings. The van der Waals surface area contributed by atoms with Gasteiger partial charge in [-0.2, -0.15) is 0 Å². The molecule has 0 radical (unpaired) electrons. The zero-order chi connectivity index (χ0) is 11.4. The Kier molecular flexibility index (Phi) is 4.18. The molecule has 1 aliphatic carbocycles. The largest absolute Gasteiger partial charge is 0.368 e. The van der Waals surface area contributed by atoms with E-state index in [9.17, 15) is 4.79 Å². The minimum atomic E-state index is -0.197. The molecule has 1 heterocycles. The maximum Gasteiger partial charge on any atom is 0.249 e. The van der Waals surface area contributed by atoms with Crippen LogP contribution in [0.5, 0.6) is 0 Å². The molecular weight excluding hydrogens is 204 g/mol. The second-order valence-electron chi connectivity index (χ2n) is 5.04. The zero-order valence-electron chi connectivity index (χ0n) is 9.78. The van der Waals surface area contributed by atoms with Crippen molar-refractivity contribution in [1.82, 2.24) is 5.32 Å². The lowest BCUT2D eigenvalue weighted by Gasteiger charge is -2.27. The van der Waals surface area contributed by atoms with Gasteiger partial charge in [-0.3, -0.25) is 4.79 Å². The van der Waals surface area contributed by atoms with Gasteiger partial charge in [0, 0.05) is 19.2 Å². The first-order chi connectivity index (χ1) is 7.75. The van der Waals surface area contributed by atoms with Crippen molar-refractivity contribution in [2.24, 2.45) is 11.7 Å². The van der Waals surface area contributed by atoms with Crippen molar-refractivity contribution in [3.63, 3.8) is 0 Å². The van der Waals surface area contributed by atoms with Crippen LogP contribution in [0, 0.1) is 5.92 Å². The molecule has 16 heavy (non-hydrogen) atoms. The van der Waals surface area contributed by atoms with E-state index in [1.54, 1.807) is 0 Å². The van der Waals surface area contributed by atoms with E-state index >= 15 is 0 Å². The summed E-state index contributed by atoms with van der Waals surface area (Å²) in [6, 6.07) is 0.332. The lowest BCUT2D eigenvalue weighted by Crippen LogP contribution is -2.39. The molecule has 3 unspecified atom stereocenters. The maximum absolute atomic E-state index is 11.7. The van der Waals surface area contributed by atoms with Gasteiger partial charge in [-0.05, 0) is 38.0 Å². The van der Waals surface area contributed by atoms with Crippen LogP contribution in [0.1, 0.15) is 38.5 Å². The second kappa shape index (κ2) is 5.64. The molecule has 1 aliphatic heterocycles. The van der Waals surface area contributed by atoms with Crippen LogP contribution in [-0.2, 0) is 9.53 Å². The average molecular weight is 226 g/mol. The SMILES string of the molecule is NC1CCCC(CNC(=O)C2CCCO2)C1. The van der Waals surface area contributed by atoms with Crippen LogP contribution in [0.4, 0.5) is 0 Å². The Morgan fingerprint density at radius 3 is 2.88 bits per heavy atom. The third kappa shape index (κ3) is 3.19. The number of nitrogens with one attached hydrogen (secondary N) is 1. The summed E-state index contributed by atoms with van der Waals surface area (Å²) in [4.78, 5) is 11.7. The fourth-order valence-electron chi connectivity index (χ4n) is 2.66. The molecule has 1 saturated carbocycles. The van der Waals surface area contributed by atoms with Crippen molar-refractivity contribution in [1.29, 1.82) is 0 Å². The average Bonchev–Trinajstić information content (AvgIpc) is 2.79. The molecule has 3 atom stereocenters. The molecule has 1 amide bonds. The molecule has 2 aliphatic rings. The summed E-state index contributed by atoms with van der Waals surface area (Å²) < 4.78 is 5.34. The van der Waals surface area contributed by atoms with E-state index in [1.807, 2.05) is 0 Å². The monoisotopic (exact) mass is 226 g/mol. The minimum Gasteiger partial charge on any atom is -0.368 e. The van der Waals surface area contributed by atoms with Crippen molar-refractivity contribution in [2.75, 3.05) is 13.2 Å². The minimum absolute atomic E-state index is 0.0663. The lowest BCUT2D eigenvalue weighted by atomic mass is 9.86. The third-order valence-corrected chi connectivity index (χ3v) is 3.61. The van der Waals surface area contributed by atoms with E-state index in [0.29, 0.717) is 12.0 Å². The fraction of sp³-hybridized carbons (Fsp3) is 0.917. The molecule has 1 saturated heterocycles. The normalized spacial score (nSPS) is 34.9. The Labute approximate surface area is 96.9 Å². The number of hydrogen-bond acceptors (Lipinski definition) is 3. The van der Waals surface area contributed by atoms with Gasteiger partial charge in [0.05, 0.1) is 0 Å². The van der Waals surface area contributed by atoms with Gasteiger partial charge in [0.15, 0.2) is 0 Å². The summed E-state index contributed by atoms with van der Waals surface area (Å²) in [5.74, 6) is 0.630. The van der Waals surface area contributed by atoms with Crippen LogP contribution >= 0.6 is 0 Å². The highest BCUT2D eigenvalue weighted by Gasteiger charge is 2.25. The predicted octanol–water partition coefficient (Wildman–Crippen LogP) is 0.799. The Balaban J connectivity index is 1.67. The first-order valence-corrected chi connectivity index (χ1v) is 6.40. The quantitative estimate of drug-likeness (QED) is 0.748. The van der Waals surface area contributed by atoms with Gasteiger partial charge < -0.3 is 15.8 Å². The molecule has 92 valence electrons. The molecule has 4 heteroatoms. The number of rotatable bonds is 3. The predicted molar refractivity (Wildman–Crippen MR) is 61.9 cm³/mol. The summed E-state index contributed by atoms with van der Waals surface area (Å²) in [7, 11) is 0. The first-order valence-electron chi connectivity index (χ1n) is 6.40. The summed E-state index contributed by atoms with van der Waals surface area (Å²) in [6.07, 6.45) is 6.25. The highest BCUT2D eigenvalue weighted by Crippen LogP contribution is 2.22. The maximum atomic E-state index is 11.7. The highest BCUT2D eigenvalue weighted by molar-refractivity contribution is 5.80. The van der Waals surface area contributed by atoms with Gasteiger partial charge in [0.2, 0.25) is 5.91 Å². The number of hydrogen-bond donors (Lipinski definition) is 2. The molecule has 0 aromatic heterocycles. The standard InChI is InChI=1S/C12H22N2O2/c13-10-4-1-3-9(7-10)8-14-12(15)11-5-2-6-16-11/h9-11H,1-8,13H2,(H,14,15). The van der Waals surface area contributed by atoms with Gasteiger partial charge in [-0.1, -0.05) is 6.42 Å².